The topological polar surface area (TPSA) is 104 Å². The fraction of sp³-hybridized carbons (Fsp3) is 0.276. The molecule has 40 heavy (non-hydrogen) atoms. The lowest BCUT2D eigenvalue weighted by Gasteiger charge is -2.32. The van der Waals surface area contributed by atoms with Crippen molar-refractivity contribution in [2.75, 3.05) is 6.54 Å². The first kappa shape index (κ1) is 29.6. The fourth-order valence-corrected chi connectivity index (χ4v) is 6.45. The van der Waals surface area contributed by atoms with Crippen molar-refractivity contribution < 1.29 is 22.8 Å². The average molecular weight is 603 g/mol. The summed E-state index contributed by atoms with van der Waals surface area (Å²) in [5.74, 6) is -1.53. The molecule has 0 saturated heterocycles. The Labute approximate surface area is 243 Å². The van der Waals surface area contributed by atoms with Crippen molar-refractivity contribution in [1.82, 2.24) is 14.5 Å². The van der Waals surface area contributed by atoms with Gasteiger partial charge in [0.2, 0.25) is 11.8 Å². The van der Waals surface area contributed by atoms with Crippen LogP contribution in [0.3, 0.4) is 0 Å². The number of carbonyl (C=O) groups excluding carboxylic acids is 3. The Hall–Kier alpha value is -3.40. The largest absolute Gasteiger partial charge is 0.352 e. The third-order valence-corrected chi connectivity index (χ3v) is 9.06. The lowest BCUT2D eigenvalue weighted by atomic mass is 10.0. The molecule has 1 atom stereocenters. The number of nitrogens with zero attached hydrogens (tertiary/aromatic N) is 2. The summed E-state index contributed by atoms with van der Waals surface area (Å²) in [7, 11) is -4.09. The predicted molar refractivity (Wildman–Crippen MR) is 154 cm³/mol. The van der Waals surface area contributed by atoms with E-state index >= 15 is 0 Å². The van der Waals surface area contributed by atoms with Crippen molar-refractivity contribution in [3.8, 4) is 0 Å². The van der Waals surface area contributed by atoms with Crippen LogP contribution in [0.15, 0.2) is 77.7 Å². The highest BCUT2D eigenvalue weighted by atomic mass is 35.5. The summed E-state index contributed by atoms with van der Waals surface area (Å²) in [6, 6.07) is 19.1. The zero-order chi connectivity index (χ0) is 29.0. The number of hydrogen-bond acceptors (Lipinski definition) is 5. The summed E-state index contributed by atoms with van der Waals surface area (Å²) < 4.78 is 26.8. The van der Waals surface area contributed by atoms with Gasteiger partial charge in [0.05, 0.1) is 15.6 Å². The highest BCUT2D eigenvalue weighted by Gasteiger charge is 2.41. The molecule has 0 aliphatic carbocycles. The summed E-state index contributed by atoms with van der Waals surface area (Å²) in [4.78, 5) is 41.5. The van der Waals surface area contributed by atoms with Crippen molar-refractivity contribution in [3.63, 3.8) is 0 Å². The minimum absolute atomic E-state index is 0.0136. The molecule has 3 amide bonds. The van der Waals surface area contributed by atoms with Crippen LogP contribution < -0.4 is 5.32 Å². The molecule has 0 spiro atoms. The number of carbonyl (C=O) groups is 3. The number of amides is 3. The lowest BCUT2D eigenvalue weighted by molar-refractivity contribution is -0.141. The smallest absolute Gasteiger partial charge is 0.269 e. The van der Waals surface area contributed by atoms with E-state index in [2.05, 4.69) is 5.32 Å². The molecular weight excluding hydrogens is 573 g/mol. The first-order valence-electron chi connectivity index (χ1n) is 12.7. The van der Waals surface area contributed by atoms with E-state index < -0.39 is 27.9 Å². The van der Waals surface area contributed by atoms with Crippen LogP contribution in [0.1, 0.15) is 41.8 Å². The molecular formula is C29H29Cl2N3O5S. The van der Waals surface area contributed by atoms with Gasteiger partial charge in [-0.1, -0.05) is 71.7 Å². The van der Waals surface area contributed by atoms with Gasteiger partial charge >= 0.3 is 0 Å². The summed E-state index contributed by atoms with van der Waals surface area (Å²) in [5, 5.41) is 3.54. The molecule has 0 saturated carbocycles. The summed E-state index contributed by atoms with van der Waals surface area (Å²) in [6.45, 7) is 3.30. The van der Waals surface area contributed by atoms with Crippen LogP contribution in [-0.4, -0.2) is 54.0 Å². The van der Waals surface area contributed by atoms with E-state index in [4.69, 9.17) is 23.2 Å². The van der Waals surface area contributed by atoms with Gasteiger partial charge < -0.3 is 10.2 Å². The lowest BCUT2D eigenvalue weighted by Crippen LogP contribution is -2.52. The van der Waals surface area contributed by atoms with Gasteiger partial charge in [-0.25, -0.2) is 12.7 Å². The second kappa shape index (κ2) is 12.4. The van der Waals surface area contributed by atoms with Crippen LogP contribution in [0, 0.1) is 0 Å². The van der Waals surface area contributed by atoms with Gasteiger partial charge in [0.25, 0.3) is 15.9 Å². The Morgan fingerprint density at radius 1 is 0.925 bits per heavy atom. The van der Waals surface area contributed by atoms with Gasteiger partial charge in [-0.3, -0.25) is 14.4 Å². The van der Waals surface area contributed by atoms with Crippen molar-refractivity contribution in [3.05, 3.63) is 99.5 Å². The van der Waals surface area contributed by atoms with Gasteiger partial charge in [-0.05, 0) is 49.2 Å². The van der Waals surface area contributed by atoms with Crippen LogP contribution in [0.5, 0.6) is 0 Å². The Bertz CT molecular complexity index is 1530. The molecule has 8 nitrogen and oxygen atoms in total. The maximum Gasteiger partial charge on any atom is 0.269 e. The van der Waals surface area contributed by atoms with Gasteiger partial charge in [-0.15, -0.1) is 0 Å². The van der Waals surface area contributed by atoms with Crippen LogP contribution in [-0.2, 0) is 32.6 Å². The maximum absolute atomic E-state index is 13.8. The Kier molecular flexibility index (Phi) is 9.18. The maximum atomic E-state index is 13.8. The molecule has 210 valence electrons. The first-order valence-corrected chi connectivity index (χ1v) is 14.9. The zero-order valence-corrected chi connectivity index (χ0v) is 24.3. The monoisotopic (exact) mass is 601 g/mol. The highest BCUT2D eigenvalue weighted by Crippen LogP contribution is 2.30. The van der Waals surface area contributed by atoms with Gasteiger partial charge in [0.15, 0.2) is 0 Å². The third kappa shape index (κ3) is 6.49. The van der Waals surface area contributed by atoms with Crippen molar-refractivity contribution in [2.45, 2.75) is 50.2 Å². The molecule has 0 unspecified atom stereocenters. The first-order chi connectivity index (χ1) is 19.0. The highest BCUT2D eigenvalue weighted by molar-refractivity contribution is 7.90. The predicted octanol–water partition coefficient (Wildman–Crippen LogP) is 4.69. The number of rotatable bonds is 10. The SMILES string of the molecule is CC(C)NC(=O)[C@H](Cc1ccccc1)N(Cc1ccc(Cl)c(Cl)c1)C(=O)CCN1C(=O)c2ccccc2S1(=O)=O. The number of sulfonamides is 1. The number of benzene rings is 3. The molecule has 3 aromatic rings. The number of hydrogen-bond donors (Lipinski definition) is 1. The van der Waals surface area contributed by atoms with E-state index in [9.17, 15) is 22.8 Å². The van der Waals surface area contributed by atoms with Crippen LogP contribution in [0.4, 0.5) is 0 Å². The quantitative estimate of drug-likeness (QED) is 0.363. The molecule has 4 rings (SSSR count). The molecule has 1 heterocycles. The number of nitrogens with one attached hydrogen (secondary N) is 1. The third-order valence-electron chi connectivity index (χ3n) is 6.48. The standard InChI is InChI=1S/C29H29Cl2N3O5S/c1-19(2)32-28(36)25(17-20-8-4-3-5-9-20)33(18-21-12-13-23(30)24(31)16-21)27(35)14-15-34-29(37)22-10-6-7-11-26(22)40(34,38)39/h3-13,16,19,25H,14-15,17-18H2,1-2H3,(H,32,36)/t25-/m0/s1. The fourth-order valence-electron chi connectivity index (χ4n) is 4.56. The van der Waals surface area contributed by atoms with E-state index in [1.54, 1.807) is 30.3 Å². The second-order valence-corrected chi connectivity index (χ2v) is 12.4. The van der Waals surface area contributed by atoms with Crippen molar-refractivity contribution >= 4 is 50.9 Å². The molecule has 1 N–H and O–H groups in total. The number of fused-ring (bicyclic) bond motifs is 1. The molecule has 0 fully saturated rings. The number of halogens is 2. The van der Waals surface area contributed by atoms with Crippen LogP contribution in [0.2, 0.25) is 10.0 Å². The van der Waals surface area contributed by atoms with E-state index in [-0.39, 0.29) is 48.3 Å². The Morgan fingerprint density at radius 3 is 2.25 bits per heavy atom. The minimum atomic E-state index is -4.09. The summed E-state index contributed by atoms with van der Waals surface area (Å²) in [5.41, 5.74) is 1.54. The molecule has 1 aliphatic heterocycles. The Morgan fingerprint density at radius 2 is 1.60 bits per heavy atom. The Balaban J connectivity index is 1.65. The molecule has 3 aromatic carbocycles. The minimum Gasteiger partial charge on any atom is -0.352 e. The molecule has 0 aromatic heterocycles. The second-order valence-electron chi connectivity index (χ2n) is 9.77. The molecule has 11 heteroatoms. The van der Waals surface area contributed by atoms with Gasteiger partial charge in [-0.2, -0.15) is 0 Å². The van der Waals surface area contributed by atoms with E-state index in [1.807, 2.05) is 44.2 Å². The van der Waals surface area contributed by atoms with E-state index in [0.717, 1.165) is 5.56 Å². The molecule has 0 bridgehead atoms. The average Bonchev–Trinajstić information content (AvgIpc) is 3.11. The molecule has 0 radical (unpaired) electrons. The zero-order valence-electron chi connectivity index (χ0n) is 22.0. The summed E-state index contributed by atoms with van der Waals surface area (Å²) >= 11 is 12.3. The normalized spacial score (nSPS) is 14.6. The van der Waals surface area contributed by atoms with E-state index in [1.165, 1.54) is 17.0 Å². The van der Waals surface area contributed by atoms with Crippen molar-refractivity contribution in [1.29, 1.82) is 0 Å². The molecule has 1 aliphatic rings. The summed E-state index contributed by atoms with van der Waals surface area (Å²) in [6.07, 6.45) is -0.0978. The van der Waals surface area contributed by atoms with Crippen LogP contribution in [0.25, 0.3) is 0 Å². The van der Waals surface area contributed by atoms with Gasteiger partial charge in [0, 0.05) is 32.0 Å². The van der Waals surface area contributed by atoms with Crippen molar-refractivity contribution in [2.24, 2.45) is 0 Å². The van der Waals surface area contributed by atoms with Crippen LogP contribution >= 0.6 is 23.2 Å². The van der Waals surface area contributed by atoms with E-state index in [0.29, 0.717) is 19.9 Å². The van der Waals surface area contributed by atoms with Gasteiger partial charge in [0.1, 0.15) is 10.9 Å².